The molecule has 3 N–H and O–H groups in total. The number of hydrogen-bond acceptors (Lipinski definition) is 4. The van der Waals surface area contributed by atoms with E-state index >= 15 is 0 Å². The molecule has 0 spiro atoms. The molecule has 4 rings (SSSR count). The van der Waals surface area contributed by atoms with Crippen LogP contribution in [0.15, 0.2) is 64.0 Å². The van der Waals surface area contributed by atoms with Crippen LogP contribution in [-0.4, -0.2) is 38.3 Å². The number of nitrogens with one attached hydrogen (secondary N) is 3. The Labute approximate surface area is 190 Å². The molecule has 0 amide bonds. The van der Waals surface area contributed by atoms with Gasteiger partial charge in [-0.1, -0.05) is 48.5 Å². The molecule has 170 valence electrons. The van der Waals surface area contributed by atoms with Crippen LogP contribution in [0.5, 0.6) is 0 Å². The predicted molar refractivity (Wildman–Crippen MR) is 130 cm³/mol. The van der Waals surface area contributed by atoms with Crippen molar-refractivity contribution < 1.29 is 9.15 Å². The highest BCUT2D eigenvalue weighted by atomic mass is 16.5. The maximum absolute atomic E-state index is 6.04. The zero-order valence-electron chi connectivity index (χ0n) is 19.3. The van der Waals surface area contributed by atoms with Crippen molar-refractivity contribution in [2.45, 2.75) is 44.8 Å². The van der Waals surface area contributed by atoms with Crippen molar-refractivity contribution in [3.05, 3.63) is 71.5 Å². The van der Waals surface area contributed by atoms with Gasteiger partial charge < -0.3 is 25.1 Å². The standard InChI is InChI=1S/C26H34N4O2/c1-19-22-11-7-8-12-23(22)32-24(19)17-28-25(27-3)29-18-26(13-15-31-16-14-26)30-20(2)21-9-5-4-6-10-21/h4-12,20,30H,13-18H2,1-3H3,(H2,27,28,29). The van der Waals surface area contributed by atoms with Gasteiger partial charge in [-0.15, -0.1) is 0 Å². The van der Waals surface area contributed by atoms with E-state index in [2.05, 4.69) is 71.2 Å². The monoisotopic (exact) mass is 434 g/mol. The number of fused-ring (bicyclic) bond motifs is 1. The number of benzene rings is 2. The highest BCUT2D eigenvalue weighted by Crippen LogP contribution is 2.26. The molecule has 3 aromatic rings. The van der Waals surface area contributed by atoms with Crippen LogP contribution in [0.2, 0.25) is 0 Å². The lowest BCUT2D eigenvalue weighted by Crippen LogP contribution is -2.58. The number of nitrogens with zero attached hydrogens (tertiary/aromatic N) is 1. The van der Waals surface area contributed by atoms with Crippen molar-refractivity contribution in [3.63, 3.8) is 0 Å². The molecule has 2 aromatic carbocycles. The van der Waals surface area contributed by atoms with Gasteiger partial charge in [0, 0.05) is 49.3 Å². The van der Waals surface area contributed by atoms with Crippen molar-refractivity contribution in [3.8, 4) is 0 Å². The number of rotatable bonds is 7. The molecule has 1 aliphatic heterocycles. The lowest BCUT2D eigenvalue weighted by atomic mass is 9.88. The summed E-state index contributed by atoms with van der Waals surface area (Å²) < 4.78 is 11.7. The Bertz CT molecular complexity index is 1040. The molecule has 1 unspecified atom stereocenters. The van der Waals surface area contributed by atoms with Crippen LogP contribution in [0.4, 0.5) is 0 Å². The first-order valence-corrected chi connectivity index (χ1v) is 11.4. The molecule has 1 aliphatic rings. The Morgan fingerprint density at radius 2 is 1.75 bits per heavy atom. The fourth-order valence-electron chi connectivity index (χ4n) is 4.45. The largest absolute Gasteiger partial charge is 0.459 e. The van der Waals surface area contributed by atoms with E-state index in [-0.39, 0.29) is 11.6 Å². The van der Waals surface area contributed by atoms with Crippen LogP contribution < -0.4 is 16.0 Å². The van der Waals surface area contributed by atoms with Gasteiger partial charge in [0.25, 0.3) is 0 Å². The lowest BCUT2D eigenvalue weighted by Gasteiger charge is -2.41. The Hall–Kier alpha value is -2.83. The zero-order valence-corrected chi connectivity index (χ0v) is 19.3. The minimum Gasteiger partial charge on any atom is -0.459 e. The van der Waals surface area contributed by atoms with Crippen LogP contribution in [-0.2, 0) is 11.3 Å². The van der Waals surface area contributed by atoms with E-state index in [1.54, 1.807) is 7.05 Å². The number of hydrogen-bond donors (Lipinski definition) is 3. The van der Waals surface area contributed by atoms with Crippen molar-refractivity contribution >= 4 is 16.9 Å². The van der Waals surface area contributed by atoms with Crippen molar-refractivity contribution in [1.82, 2.24) is 16.0 Å². The van der Waals surface area contributed by atoms with Crippen LogP contribution >= 0.6 is 0 Å². The summed E-state index contributed by atoms with van der Waals surface area (Å²) in [6, 6.07) is 19.0. The average molecular weight is 435 g/mol. The van der Waals surface area contributed by atoms with Crippen LogP contribution in [0.25, 0.3) is 11.0 Å². The smallest absolute Gasteiger partial charge is 0.191 e. The first-order chi connectivity index (χ1) is 15.6. The summed E-state index contributed by atoms with van der Waals surface area (Å²) in [6.07, 6.45) is 1.91. The molecule has 0 saturated carbocycles. The molecule has 2 heterocycles. The van der Waals surface area contributed by atoms with Crippen LogP contribution in [0.3, 0.4) is 0 Å². The van der Waals surface area contributed by atoms with Gasteiger partial charge in [-0.25, -0.2) is 0 Å². The molecule has 0 bridgehead atoms. The van der Waals surface area contributed by atoms with E-state index in [4.69, 9.17) is 9.15 Å². The molecule has 32 heavy (non-hydrogen) atoms. The third-order valence-electron chi connectivity index (χ3n) is 6.45. The van der Waals surface area contributed by atoms with Crippen LogP contribution in [0, 0.1) is 6.92 Å². The van der Waals surface area contributed by atoms with Crippen LogP contribution in [0.1, 0.15) is 42.7 Å². The van der Waals surface area contributed by atoms with Gasteiger partial charge >= 0.3 is 0 Å². The molecule has 1 saturated heterocycles. The summed E-state index contributed by atoms with van der Waals surface area (Å²) in [6.45, 7) is 7.21. The number of ether oxygens (including phenoxy) is 1. The van der Waals surface area contributed by atoms with E-state index < -0.39 is 0 Å². The predicted octanol–water partition coefficient (Wildman–Crippen LogP) is 4.31. The van der Waals surface area contributed by atoms with E-state index in [0.29, 0.717) is 6.54 Å². The molecule has 1 aromatic heterocycles. The second-order valence-electron chi connectivity index (χ2n) is 8.60. The number of furan rings is 1. The van der Waals surface area contributed by atoms with Crippen molar-refractivity contribution in [2.24, 2.45) is 4.99 Å². The Kier molecular flexibility index (Phi) is 7.12. The average Bonchev–Trinajstić information content (AvgIpc) is 3.16. The number of guanidine groups is 1. The minimum absolute atomic E-state index is 0.0552. The maximum Gasteiger partial charge on any atom is 0.191 e. The first kappa shape index (κ1) is 22.4. The quantitative estimate of drug-likeness (QED) is 0.382. The fourth-order valence-corrected chi connectivity index (χ4v) is 4.45. The molecule has 1 fully saturated rings. The third-order valence-corrected chi connectivity index (χ3v) is 6.45. The number of aryl methyl sites for hydroxylation is 1. The maximum atomic E-state index is 6.04. The molecule has 0 aliphatic carbocycles. The van der Waals surface area contributed by atoms with E-state index in [9.17, 15) is 0 Å². The second-order valence-corrected chi connectivity index (χ2v) is 8.60. The Balaban J connectivity index is 1.39. The van der Waals surface area contributed by atoms with Gasteiger partial charge in [-0.3, -0.25) is 4.99 Å². The fraction of sp³-hybridized carbons (Fsp3) is 0.423. The van der Waals surface area contributed by atoms with Gasteiger partial charge in [-0.2, -0.15) is 0 Å². The highest BCUT2D eigenvalue weighted by molar-refractivity contribution is 5.83. The first-order valence-electron chi connectivity index (χ1n) is 11.4. The van der Waals surface area contributed by atoms with Gasteiger partial charge in [-0.05, 0) is 38.3 Å². The summed E-state index contributed by atoms with van der Waals surface area (Å²) in [4.78, 5) is 4.43. The minimum atomic E-state index is -0.0552. The van der Waals surface area contributed by atoms with E-state index in [0.717, 1.165) is 55.3 Å². The Morgan fingerprint density at radius 1 is 1.03 bits per heavy atom. The van der Waals surface area contributed by atoms with Crippen molar-refractivity contribution in [2.75, 3.05) is 26.8 Å². The number of aliphatic imine (C=N–C) groups is 1. The summed E-state index contributed by atoms with van der Waals surface area (Å²) in [5, 5.41) is 12.0. The second kappa shape index (κ2) is 10.2. The zero-order chi connectivity index (χ0) is 22.4. The van der Waals surface area contributed by atoms with E-state index in [1.165, 1.54) is 11.1 Å². The number of para-hydroxylation sites is 1. The summed E-state index contributed by atoms with van der Waals surface area (Å²) >= 11 is 0. The van der Waals surface area contributed by atoms with Gasteiger partial charge in [0.2, 0.25) is 0 Å². The van der Waals surface area contributed by atoms with Gasteiger partial charge in [0.1, 0.15) is 11.3 Å². The molecule has 6 nitrogen and oxygen atoms in total. The molecular weight excluding hydrogens is 400 g/mol. The summed E-state index contributed by atoms with van der Waals surface area (Å²) in [7, 11) is 1.80. The molecule has 1 atom stereocenters. The topological polar surface area (TPSA) is 70.8 Å². The van der Waals surface area contributed by atoms with E-state index in [1.807, 2.05) is 18.2 Å². The van der Waals surface area contributed by atoms with Crippen molar-refractivity contribution in [1.29, 1.82) is 0 Å². The lowest BCUT2D eigenvalue weighted by molar-refractivity contribution is 0.0355. The molecular formula is C26H34N4O2. The Morgan fingerprint density at radius 3 is 2.47 bits per heavy atom. The molecule has 0 radical (unpaired) electrons. The SMILES string of the molecule is CN=C(NCc1oc2ccccc2c1C)NCC1(NC(C)c2ccccc2)CCOCC1. The molecule has 6 heteroatoms. The summed E-state index contributed by atoms with van der Waals surface area (Å²) in [5.41, 5.74) is 3.33. The third kappa shape index (κ3) is 5.14. The van der Waals surface area contributed by atoms with Gasteiger partial charge in [0.05, 0.1) is 6.54 Å². The normalized spacial score (nSPS) is 17.3. The highest BCUT2D eigenvalue weighted by Gasteiger charge is 2.34. The summed E-state index contributed by atoms with van der Waals surface area (Å²) in [5.74, 6) is 1.70. The van der Waals surface area contributed by atoms with Gasteiger partial charge in [0.15, 0.2) is 5.96 Å².